The zero-order chi connectivity index (χ0) is 18.0. The molecule has 0 aliphatic carbocycles. The average molecular weight is 354 g/mol. The lowest BCUT2D eigenvalue weighted by molar-refractivity contribution is 0.0320. The number of fused-ring (bicyclic) bond motifs is 1. The number of aryl methyl sites for hydroxylation is 1. The Bertz CT molecular complexity index is 968. The van der Waals surface area contributed by atoms with Gasteiger partial charge in [0.15, 0.2) is 6.10 Å². The first-order chi connectivity index (χ1) is 12.0. The Balaban J connectivity index is 1.86. The van der Waals surface area contributed by atoms with Crippen molar-refractivity contribution in [3.8, 4) is 0 Å². The molecule has 0 saturated heterocycles. The number of halogens is 1. The number of pyridine rings is 1. The van der Waals surface area contributed by atoms with Crippen molar-refractivity contribution in [2.24, 2.45) is 0 Å². The third kappa shape index (κ3) is 3.69. The van der Waals surface area contributed by atoms with Crippen LogP contribution in [0, 0.1) is 6.92 Å². The lowest BCUT2D eigenvalue weighted by Crippen LogP contribution is -2.24. The van der Waals surface area contributed by atoms with E-state index in [0.29, 0.717) is 32.7 Å². The van der Waals surface area contributed by atoms with Crippen molar-refractivity contribution in [1.29, 1.82) is 0 Å². The van der Waals surface area contributed by atoms with Gasteiger partial charge >= 0.3 is 5.97 Å². The largest absolute Gasteiger partial charge is 0.451 e. The number of aromatic nitrogens is 1. The normalized spacial score (nSPS) is 12.0. The van der Waals surface area contributed by atoms with E-state index in [1.807, 2.05) is 31.2 Å². The van der Waals surface area contributed by atoms with Gasteiger partial charge in [-0.2, -0.15) is 0 Å². The van der Waals surface area contributed by atoms with E-state index in [-0.39, 0.29) is 5.78 Å². The van der Waals surface area contributed by atoms with Gasteiger partial charge in [0, 0.05) is 21.7 Å². The Morgan fingerprint density at radius 2 is 1.84 bits per heavy atom. The fourth-order valence-corrected chi connectivity index (χ4v) is 2.82. The minimum Gasteiger partial charge on any atom is -0.451 e. The molecule has 2 aromatic carbocycles. The molecule has 3 rings (SSSR count). The van der Waals surface area contributed by atoms with Crippen LogP contribution in [-0.4, -0.2) is 22.8 Å². The number of benzene rings is 2. The monoisotopic (exact) mass is 353 g/mol. The first-order valence-electron chi connectivity index (χ1n) is 7.83. The van der Waals surface area contributed by atoms with E-state index in [2.05, 4.69) is 4.98 Å². The van der Waals surface area contributed by atoms with Crippen molar-refractivity contribution in [2.45, 2.75) is 20.0 Å². The zero-order valence-corrected chi connectivity index (χ0v) is 14.6. The number of carbonyl (C=O) groups excluding carboxylic acids is 2. The highest BCUT2D eigenvalue weighted by atomic mass is 35.5. The molecule has 25 heavy (non-hydrogen) atoms. The summed E-state index contributed by atoms with van der Waals surface area (Å²) in [6.45, 7) is 3.36. The highest BCUT2D eigenvalue weighted by Gasteiger charge is 2.22. The number of Topliss-reactive ketones (excluding diaryl/α,β-unsaturated/α-hetero) is 1. The van der Waals surface area contributed by atoms with E-state index in [0.717, 1.165) is 0 Å². The number of nitrogens with zero attached hydrogens (tertiary/aromatic N) is 1. The number of ketones is 1. The molecule has 1 heterocycles. The molecule has 0 aliphatic rings. The van der Waals surface area contributed by atoms with Gasteiger partial charge in [-0.15, -0.1) is 0 Å². The predicted molar refractivity (Wildman–Crippen MR) is 97.1 cm³/mol. The van der Waals surface area contributed by atoms with Crippen molar-refractivity contribution in [3.63, 3.8) is 0 Å². The first kappa shape index (κ1) is 17.1. The quantitative estimate of drug-likeness (QED) is 0.507. The third-order valence-corrected chi connectivity index (χ3v) is 4.06. The highest BCUT2D eigenvalue weighted by molar-refractivity contribution is 6.31. The Kier molecular flexibility index (Phi) is 4.81. The molecule has 1 unspecified atom stereocenters. The van der Waals surface area contributed by atoms with Crippen molar-refractivity contribution in [3.05, 3.63) is 76.4 Å². The van der Waals surface area contributed by atoms with Gasteiger partial charge in [0.25, 0.3) is 0 Å². The summed E-state index contributed by atoms with van der Waals surface area (Å²) >= 11 is 5.91. The van der Waals surface area contributed by atoms with Crippen molar-refractivity contribution >= 4 is 34.3 Å². The smallest absolute Gasteiger partial charge is 0.339 e. The van der Waals surface area contributed by atoms with Crippen LogP contribution in [0.2, 0.25) is 5.02 Å². The maximum atomic E-state index is 12.6. The van der Waals surface area contributed by atoms with E-state index >= 15 is 0 Å². The third-order valence-electron chi connectivity index (χ3n) is 3.83. The van der Waals surface area contributed by atoms with Crippen LogP contribution in [0.4, 0.5) is 0 Å². The molecule has 4 nitrogen and oxygen atoms in total. The van der Waals surface area contributed by atoms with Gasteiger partial charge in [0.1, 0.15) is 0 Å². The summed E-state index contributed by atoms with van der Waals surface area (Å²) < 4.78 is 5.40. The second kappa shape index (κ2) is 7.03. The molecule has 0 amide bonds. The molecule has 5 heteroatoms. The fourth-order valence-electron chi connectivity index (χ4n) is 2.63. The fraction of sp³-hybridized carbons (Fsp3) is 0.150. The average Bonchev–Trinajstić information content (AvgIpc) is 2.60. The summed E-state index contributed by atoms with van der Waals surface area (Å²) in [7, 11) is 0. The lowest BCUT2D eigenvalue weighted by atomic mass is 10.1. The summed E-state index contributed by atoms with van der Waals surface area (Å²) in [5, 5.41) is 1.15. The maximum Gasteiger partial charge on any atom is 0.339 e. The van der Waals surface area contributed by atoms with Crippen LogP contribution in [-0.2, 0) is 4.74 Å². The summed E-state index contributed by atoms with van der Waals surface area (Å²) in [4.78, 5) is 29.4. The molecule has 1 atom stereocenters. The minimum absolute atomic E-state index is 0.300. The molecular formula is C20H16ClNO3. The van der Waals surface area contributed by atoms with Crippen molar-refractivity contribution in [2.75, 3.05) is 0 Å². The van der Waals surface area contributed by atoms with Crippen molar-refractivity contribution < 1.29 is 14.3 Å². The van der Waals surface area contributed by atoms with Crippen LogP contribution < -0.4 is 0 Å². The van der Waals surface area contributed by atoms with Gasteiger partial charge in [0.05, 0.1) is 11.1 Å². The summed E-state index contributed by atoms with van der Waals surface area (Å²) in [6, 6.07) is 15.6. The molecule has 0 aliphatic heterocycles. The summed E-state index contributed by atoms with van der Waals surface area (Å²) in [5.41, 5.74) is 2.22. The zero-order valence-electron chi connectivity index (χ0n) is 13.8. The molecule has 126 valence electrons. The summed E-state index contributed by atoms with van der Waals surface area (Å²) in [6.07, 6.45) is -0.918. The van der Waals surface area contributed by atoms with Crippen LogP contribution in [0.1, 0.15) is 33.3 Å². The summed E-state index contributed by atoms with van der Waals surface area (Å²) in [5.74, 6) is -0.851. The van der Waals surface area contributed by atoms with E-state index in [9.17, 15) is 9.59 Å². The Morgan fingerprint density at radius 3 is 2.60 bits per heavy atom. The number of carbonyl (C=O) groups is 2. The first-order valence-corrected chi connectivity index (χ1v) is 8.20. The standard InChI is InChI=1S/C20H16ClNO3/c1-12-10-17(16-8-3-4-9-18(16)22-12)20(24)25-13(2)19(23)14-6-5-7-15(21)11-14/h3-11,13H,1-2H3. The number of hydrogen-bond acceptors (Lipinski definition) is 4. The predicted octanol–water partition coefficient (Wildman–Crippen LogP) is 4.62. The molecule has 0 saturated carbocycles. The van der Waals surface area contributed by atoms with E-state index in [1.165, 1.54) is 0 Å². The number of ether oxygens (including phenoxy) is 1. The van der Waals surface area contributed by atoms with Gasteiger partial charge in [-0.05, 0) is 38.1 Å². The minimum atomic E-state index is -0.918. The molecule has 3 aromatic rings. The van der Waals surface area contributed by atoms with Crippen LogP contribution in [0.5, 0.6) is 0 Å². The van der Waals surface area contributed by atoms with Gasteiger partial charge in [-0.3, -0.25) is 9.78 Å². The molecule has 0 bridgehead atoms. The SMILES string of the molecule is Cc1cc(C(=O)OC(C)C(=O)c2cccc(Cl)c2)c2ccccc2n1. The van der Waals surface area contributed by atoms with E-state index in [4.69, 9.17) is 16.3 Å². The number of rotatable bonds is 4. The second-order valence-electron chi connectivity index (χ2n) is 5.75. The highest BCUT2D eigenvalue weighted by Crippen LogP contribution is 2.20. The Hall–Kier alpha value is -2.72. The number of esters is 1. The van der Waals surface area contributed by atoms with Gasteiger partial charge in [0.2, 0.25) is 5.78 Å². The molecular weight excluding hydrogens is 338 g/mol. The van der Waals surface area contributed by atoms with E-state index in [1.54, 1.807) is 37.3 Å². The van der Waals surface area contributed by atoms with Crippen LogP contribution in [0.3, 0.4) is 0 Å². The number of hydrogen-bond donors (Lipinski definition) is 0. The van der Waals surface area contributed by atoms with Crippen LogP contribution >= 0.6 is 11.6 Å². The molecule has 1 aromatic heterocycles. The van der Waals surface area contributed by atoms with Gasteiger partial charge in [-0.1, -0.05) is 41.9 Å². The molecule has 0 N–H and O–H groups in total. The van der Waals surface area contributed by atoms with Gasteiger partial charge < -0.3 is 4.74 Å². The second-order valence-corrected chi connectivity index (χ2v) is 6.19. The lowest BCUT2D eigenvalue weighted by Gasteiger charge is -2.14. The Morgan fingerprint density at radius 1 is 1.08 bits per heavy atom. The topological polar surface area (TPSA) is 56.3 Å². The maximum absolute atomic E-state index is 12.6. The van der Waals surface area contributed by atoms with Crippen LogP contribution in [0.15, 0.2) is 54.6 Å². The van der Waals surface area contributed by atoms with Gasteiger partial charge in [-0.25, -0.2) is 4.79 Å². The van der Waals surface area contributed by atoms with Crippen molar-refractivity contribution in [1.82, 2.24) is 4.98 Å². The number of para-hydroxylation sites is 1. The van der Waals surface area contributed by atoms with E-state index < -0.39 is 12.1 Å². The molecule has 0 fully saturated rings. The van der Waals surface area contributed by atoms with Crippen LogP contribution in [0.25, 0.3) is 10.9 Å². The molecule has 0 radical (unpaired) electrons. The Labute approximate surface area is 150 Å². The molecule has 0 spiro atoms.